The molecule has 0 spiro atoms. The first-order chi connectivity index (χ1) is 9.58. The van der Waals surface area contributed by atoms with E-state index >= 15 is 0 Å². The molecule has 20 heavy (non-hydrogen) atoms. The van der Waals surface area contributed by atoms with Crippen molar-refractivity contribution in [3.63, 3.8) is 0 Å². The van der Waals surface area contributed by atoms with E-state index in [0.717, 1.165) is 13.1 Å². The Bertz CT molecular complexity index is 458. The second kappa shape index (κ2) is 6.79. The van der Waals surface area contributed by atoms with Crippen LogP contribution in [0.2, 0.25) is 0 Å². The van der Waals surface area contributed by atoms with Crippen molar-refractivity contribution in [1.82, 2.24) is 15.2 Å². The molecule has 1 unspecified atom stereocenters. The number of pyridine rings is 1. The minimum absolute atomic E-state index is 0.133. The molecule has 1 aliphatic rings. The zero-order valence-corrected chi connectivity index (χ0v) is 12.1. The van der Waals surface area contributed by atoms with Gasteiger partial charge in [-0.25, -0.2) is 4.98 Å². The molecule has 1 aromatic heterocycles. The van der Waals surface area contributed by atoms with Crippen molar-refractivity contribution in [2.45, 2.75) is 32.7 Å². The fourth-order valence-corrected chi connectivity index (χ4v) is 2.68. The van der Waals surface area contributed by atoms with Crippen LogP contribution in [0.5, 0.6) is 0 Å². The van der Waals surface area contributed by atoms with E-state index < -0.39 is 5.95 Å². The van der Waals surface area contributed by atoms with Crippen LogP contribution in [-0.4, -0.2) is 41.5 Å². The highest BCUT2D eigenvalue weighted by Gasteiger charge is 2.25. The Morgan fingerprint density at radius 2 is 2.10 bits per heavy atom. The molecule has 0 bridgehead atoms. The Kier molecular flexibility index (Phi) is 5.06. The molecule has 2 rings (SSSR count). The van der Waals surface area contributed by atoms with Gasteiger partial charge in [0.25, 0.3) is 5.91 Å². The summed E-state index contributed by atoms with van der Waals surface area (Å²) in [5.41, 5.74) is 0.133. The molecule has 0 aromatic carbocycles. The number of hydrogen-bond acceptors (Lipinski definition) is 3. The van der Waals surface area contributed by atoms with Gasteiger partial charge in [0, 0.05) is 12.6 Å². The fourth-order valence-electron chi connectivity index (χ4n) is 2.68. The summed E-state index contributed by atoms with van der Waals surface area (Å²) in [6.45, 7) is 7.09. The maximum Gasteiger partial charge on any atom is 0.270 e. The molecule has 4 nitrogen and oxygen atoms in total. The first-order valence-electron chi connectivity index (χ1n) is 7.22. The van der Waals surface area contributed by atoms with Gasteiger partial charge in [0.05, 0.1) is 0 Å². The molecular weight excluding hydrogens is 257 g/mol. The van der Waals surface area contributed by atoms with Gasteiger partial charge in [0.1, 0.15) is 5.69 Å². The van der Waals surface area contributed by atoms with Gasteiger partial charge in [-0.2, -0.15) is 4.39 Å². The summed E-state index contributed by atoms with van der Waals surface area (Å²) in [7, 11) is 0. The zero-order valence-electron chi connectivity index (χ0n) is 12.1. The van der Waals surface area contributed by atoms with Gasteiger partial charge in [-0.3, -0.25) is 9.69 Å². The molecule has 110 valence electrons. The lowest BCUT2D eigenvalue weighted by atomic mass is 10.0. The summed E-state index contributed by atoms with van der Waals surface area (Å²) in [6, 6.07) is 4.59. The van der Waals surface area contributed by atoms with Crippen molar-refractivity contribution in [2.24, 2.45) is 5.92 Å². The highest BCUT2D eigenvalue weighted by molar-refractivity contribution is 5.92. The van der Waals surface area contributed by atoms with Crippen molar-refractivity contribution in [3.05, 3.63) is 29.8 Å². The summed E-state index contributed by atoms with van der Waals surface area (Å²) < 4.78 is 13.0. The minimum Gasteiger partial charge on any atom is -0.349 e. The van der Waals surface area contributed by atoms with Gasteiger partial charge in [-0.15, -0.1) is 0 Å². The fraction of sp³-hybridized carbons (Fsp3) is 0.600. The van der Waals surface area contributed by atoms with Gasteiger partial charge < -0.3 is 5.32 Å². The topological polar surface area (TPSA) is 45.2 Å². The third kappa shape index (κ3) is 3.76. The largest absolute Gasteiger partial charge is 0.349 e. The lowest BCUT2D eigenvalue weighted by molar-refractivity contribution is 0.0921. The average Bonchev–Trinajstić information content (AvgIpc) is 2.92. The number of nitrogens with zero attached hydrogens (tertiary/aromatic N) is 2. The molecule has 0 saturated carbocycles. The predicted molar refractivity (Wildman–Crippen MR) is 76.0 cm³/mol. The van der Waals surface area contributed by atoms with E-state index in [-0.39, 0.29) is 11.6 Å². The Labute approximate surface area is 119 Å². The van der Waals surface area contributed by atoms with E-state index in [2.05, 4.69) is 29.0 Å². The van der Waals surface area contributed by atoms with Gasteiger partial charge in [0.15, 0.2) is 0 Å². The summed E-state index contributed by atoms with van der Waals surface area (Å²) in [4.78, 5) is 18.0. The Hall–Kier alpha value is -1.49. The lowest BCUT2D eigenvalue weighted by Crippen LogP contribution is -2.45. The van der Waals surface area contributed by atoms with E-state index in [9.17, 15) is 9.18 Å². The number of carbonyl (C=O) groups is 1. The molecule has 0 aliphatic carbocycles. The average molecular weight is 279 g/mol. The number of rotatable bonds is 5. The Balaban J connectivity index is 1.93. The standard InChI is InChI=1S/C15H22FN3O/c1-11(2)13(19-8-3-4-9-19)10-17-15(20)12-6-5-7-14(16)18-12/h5-7,11,13H,3-4,8-10H2,1-2H3,(H,17,20). The van der Waals surface area contributed by atoms with E-state index in [4.69, 9.17) is 0 Å². The number of carbonyl (C=O) groups excluding carboxylic acids is 1. The van der Waals surface area contributed by atoms with E-state index in [1.165, 1.54) is 31.0 Å². The van der Waals surface area contributed by atoms with Crippen LogP contribution in [-0.2, 0) is 0 Å². The van der Waals surface area contributed by atoms with Crippen molar-refractivity contribution in [1.29, 1.82) is 0 Å². The zero-order chi connectivity index (χ0) is 14.5. The third-order valence-electron chi connectivity index (χ3n) is 3.80. The smallest absolute Gasteiger partial charge is 0.270 e. The van der Waals surface area contributed by atoms with Crippen LogP contribution in [0.3, 0.4) is 0 Å². The van der Waals surface area contributed by atoms with Crippen molar-refractivity contribution < 1.29 is 9.18 Å². The summed E-state index contributed by atoms with van der Waals surface area (Å²) in [5.74, 6) is -0.471. The molecule has 1 aromatic rings. The lowest BCUT2D eigenvalue weighted by Gasteiger charge is -2.30. The number of hydrogen-bond donors (Lipinski definition) is 1. The molecule has 1 atom stereocenters. The monoisotopic (exact) mass is 279 g/mol. The molecule has 5 heteroatoms. The molecule has 2 heterocycles. The Morgan fingerprint density at radius 3 is 2.70 bits per heavy atom. The van der Waals surface area contributed by atoms with Crippen LogP contribution in [0.1, 0.15) is 37.2 Å². The van der Waals surface area contributed by atoms with Crippen LogP contribution in [0.25, 0.3) is 0 Å². The Morgan fingerprint density at radius 1 is 1.40 bits per heavy atom. The molecule has 1 N–H and O–H groups in total. The van der Waals surface area contributed by atoms with Crippen LogP contribution < -0.4 is 5.32 Å². The van der Waals surface area contributed by atoms with Gasteiger partial charge >= 0.3 is 0 Å². The SMILES string of the molecule is CC(C)C(CNC(=O)c1cccc(F)n1)N1CCCC1. The first-order valence-corrected chi connectivity index (χ1v) is 7.22. The first kappa shape index (κ1) is 14.9. The van der Waals surface area contributed by atoms with Crippen molar-refractivity contribution in [2.75, 3.05) is 19.6 Å². The van der Waals surface area contributed by atoms with Crippen LogP contribution in [0.15, 0.2) is 18.2 Å². The number of likely N-dealkylation sites (tertiary alicyclic amines) is 1. The molecule has 1 amide bonds. The van der Waals surface area contributed by atoms with Crippen molar-refractivity contribution >= 4 is 5.91 Å². The van der Waals surface area contributed by atoms with Gasteiger partial charge in [-0.05, 0) is 44.0 Å². The summed E-state index contributed by atoms with van der Waals surface area (Å²) >= 11 is 0. The van der Waals surface area contributed by atoms with E-state index in [1.807, 2.05) is 0 Å². The molecule has 1 fully saturated rings. The highest BCUT2D eigenvalue weighted by Crippen LogP contribution is 2.17. The predicted octanol–water partition coefficient (Wildman–Crippen LogP) is 2.07. The summed E-state index contributed by atoms with van der Waals surface area (Å²) in [5, 5.41) is 2.87. The third-order valence-corrected chi connectivity index (χ3v) is 3.80. The highest BCUT2D eigenvalue weighted by atomic mass is 19.1. The number of halogens is 1. The second-order valence-electron chi connectivity index (χ2n) is 5.61. The van der Waals surface area contributed by atoms with Gasteiger partial charge in [0.2, 0.25) is 5.95 Å². The van der Waals surface area contributed by atoms with Crippen LogP contribution >= 0.6 is 0 Å². The minimum atomic E-state index is -0.627. The molecular formula is C15H22FN3O. The van der Waals surface area contributed by atoms with Crippen molar-refractivity contribution in [3.8, 4) is 0 Å². The number of amides is 1. The van der Waals surface area contributed by atoms with Crippen LogP contribution in [0, 0.1) is 11.9 Å². The van der Waals surface area contributed by atoms with Crippen LogP contribution in [0.4, 0.5) is 4.39 Å². The van der Waals surface area contributed by atoms with E-state index in [1.54, 1.807) is 0 Å². The maximum absolute atomic E-state index is 13.0. The summed E-state index contributed by atoms with van der Waals surface area (Å²) in [6.07, 6.45) is 2.45. The quantitative estimate of drug-likeness (QED) is 0.839. The maximum atomic E-state index is 13.0. The molecule has 1 saturated heterocycles. The van der Waals surface area contributed by atoms with Gasteiger partial charge in [-0.1, -0.05) is 19.9 Å². The number of aromatic nitrogens is 1. The second-order valence-corrected chi connectivity index (χ2v) is 5.61. The van der Waals surface area contributed by atoms with E-state index in [0.29, 0.717) is 18.5 Å². The normalized spacial score (nSPS) is 17.4. The molecule has 1 aliphatic heterocycles. The number of nitrogens with one attached hydrogen (secondary N) is 1. The molecule has 0 radical (unpaired) electrons.